The molecule has 1 heterocycles. The van der Waals surface area contributed by atoms with Crippen molar-refractivity contribution in [1.29, 1.82) is 0 Å². The molecule has 1 atom stereocenters. The van der Waals surface area contributed by atoms with Crippen LogP contribution in [-0.4, -0.2) is 28.6 Å². The van der Waals surface area contributed by atoms with Gasteiger partial charge in [0, 0.05) is 27.6 Å². The van der Waals surface area contributed by atoms with E-state index in [1.807, 2.05) is 54.7 Å². The summed E-state index contributed by atoms with van der Waals surface area (Å²) in [5, 5.41) is 12.7. The van der Waals surface area contributed by atoms with E-state index in [0.717, 1.165) is 62.1 Å². The standard InChI is InChI=1S/C35H35IN2O4/c1-23-12-13-37-31(15-23)7-2-3-14-42-32-10-9-25-17-29(21-34(39)40)33-11-8-24(16-28(33)18-27(25)20-32)22-38-35(41)26-5-4-6-30(36)19-26/h4-6,8-13,15-16,19-20,29H,2-3,7,14,17-18,21-22H2,1H3,(H,38,41)(H,39,40)/i36-2. The normalized spacial score (nSPS) is 13.9. The summed E-state index contributed by atoms with van der Waals surface area (Å²) in [5.74, 6) is -0.198. The van der Waals surface area contributed by atoms with Crippen LogP contribution in [0.5, 0.6) is 5.75 Å². The molecule has 0 spiro atoms. The number of halogens is 1. The highest BCUT2D eigenvalue weighted by atomic mass is 125. The number of hydrogen-bond acceptors (Lipinski definition) is 4. The van der Waals surface area contributed by atoms with E-state index < -0.39 is 5.97 Å². The Bertz CT molecular complexity index is 1590. The second-order valence-electron chi connectivity index (χ2n) is 11.0. The van der Waals surface area contributed by atoms with Crippen molar-refractivity contribution < 1.29 is 19.4 Å². The highest BCUT2D eigenvalue weighted by molar-refractivity contribution is 14.1. The number of aryl methyl sites for hydroxylation is 2. The molecule has 216 valence electrons. The fourth-order valence-electron chi connectivity index (χ4n) is 5.60. The van der Waals surface area contributed by atoms with Crippen LogP contribution in [0.1, 0.15) is 74.6 Å². The zero-order valence-electron chi connectivity index (χ0n) is 23.7. The van der Waals surface area contributed by atoms with Crippen LogP contribution >= 0.6 is 22.6 Å². The number of fused-ring (bicyclic) bond motifs is 2. The molecule has 1 aliphatic carbocycles. The van der Waals surface area contributed by atoms with E-state index in [0.29, 0.717) is 31.6 Å². The summed E-state index contributed by atoms with van der Waals surface area (Å²) in [7, 11) is 0. The molecule has 0 bridgehead atoms. The monoisotopic (exact) mass is 672 g/mol. The van der Waals surface area contributed by atoms with Gasteiger partial charge in [-0.15, -0.1) is 0 Å². The summed E-state index contributed by atoms with van der Waals surface area (Å²) in [6.45, 7) is 3.11. The van der Waals surface area contributed by atoms with Crippen molar-refractivity contribution in [3.8, 4) is 5.75 Å². The third-order valence-electron chi connectivity index (χ3n) is 7.70. The minimum absolute atomic E-state index is 0.0726. The summed E-state index contributed by atoms with van der Waals surface area (Å²) in [6.07, 6.45) is 6.17. The molecule has 0 saturated carbocycles. The maximum atomic E-state index is 12.7. The van der Waals surface area contributed by atoms with Gasteiger partial charge in [-0.3, -0.25) is 14.6 Å². The number of unbranched alkanes of at least 4 members (excludes halogenated alkanes) is 1. The van der Waals surface area contributed by atoms with E-state index >= 15 is 0 Å². The Morgan fingerprint density at radius 3 is 2.69 bits per heavy atom. The Labute approximate surface area is 260 Å². The maximum Gasteiger partial charge on any atom is 0.303 e. The number of aliphatic carboxylic acids is 1. The number of benzene rings is 3. The quantitative estimate of drug-likeness (QED) is 0.132. The maximum absolute atomic E-state index is 12.7. The first kappa shape index (κ1) is 29.8. The highest BCUT2D eigenvalue weighted by Gasteiger charge is 2.25. The van der Waals surface area contributed by atoms with Crippen molar-refractivity contribution in [3.05, 3.63) is 127 Å². The number of nitrogens with one attached hydrogen (secondary N) is 1. The fourth-order valence-corrected chi connectivity index (χ4v) is 6.14. The van der Waals surface area contributed by atoms with Crippen LogP contribution < -0.4 is 10.1 Å². The van der Waals surface area contributed by atoms with Gasteiger partial charge in [0.05, 0.1) is 13.0 Å². The van der Waals surface area contributed by atoms with Crippen LogP contribution in [0.25, 0.3) is 0 Å². The Morgan fingerprint density at radius 1 is 1.00 bits per heavy atom. The number of carboxylic acids is 1. The molecule has 42 heavy (non-hydrogen) atoms. The molecule has 6 nitrogen and oxygen atoms in total. The van der Waals surface area contributed by atoms with Gasteiger partial charge in [-0.1, -0.05) is 30.3 Å². The SMILES string of the molecule is Cc1ccnc(CCCCOc2ccc3c(c2)Cc2cc(CNC(=O)c4cccc([125I])c4)ccc2C(CC(=O)O)C3)c1. The first-order valence-electron chi connectivity index (χ1n) is 14.4. The van der Waals surface area contributed by atoms with Gasteiger partial charge < -0.3 is 15.2 Å². The van der Waals surface area contributed by atoms with Crippen molar-refractivity contribution in [2.75, 3.05) is 6.61 Å². The molecule has 4 aromatic rings. The number of carbonyl (C=O) groups is 2. The molecular weight excluding hydrogens is 637 g/mol. The topological polar surface area (TPSA) is 88.5 Å². The molecule has 2 N–H and O–H groups in total. The summed E-state index contributed by atoms with van der Waals surface area (Å²) in [5.41, 5.74) is 8.44. The second kappa shape index (κ2) is 14.0. The lowest BCUT2D eigenvalue weighted by Gasteiger charge is -2.17. The lowest BCUT2D eigenvalue weighted by Crippen LogP contribution is -2.23. The molecule has 1 unspecified atom stereocenters. The summed E-state index contributed by atoms with van der Waals surface area (Å²) < 4.78 is 7.14. The molecule has 0 fully saturated rings. The number of amides is 1. The summed E-state index contributed by atoms with van der Waals surface area (Å²) in [4.78, 5) is 28.9. The van der Waals surface area contributed by atoms with Crippen LogP contribution in [0.15, 0.2) is 79.0 Å². The lowest BCUT2D eigenvalue weighted by atomic mass is 9.88. The smallest absolute Gasteiger partial charge is 0.303 e. The summed E-state index contributed by atoms with van der Waals surface area (Å²) >= 11 is 2.20. The number of pyridine rings is 1. The number of ether oxygens (including phenoxy) is 1. The minimum atomic E-state index is -0.802. The van der Waals surface area contributed by atoms with E-state index in [9.17, 15) is 14.7 Å². The Kier molecular flexibility index (Phi) is 9.89. The van der Waals surface area contributed by atoms with Gasteiger partial charge in [0.2, 0.25) is 0 Å². The van der Waals surface area contributed by atoms with E-state index in [2.05, 4.69) is 64.1 Å². The van der Waals surface area contributed by atoms with Gasteiger partial charge in [-0.25, -0.2) is 0 Å². The first-order chi connectivity index (χ1) is 20.3. The zero-order chi connectivity index (χ0) is 29.5. The van der Waals surface area contributed by atoms with Gasteiger partial charge in [0.1, 0.15) is 5.75 Å². The van der Waals surface area contributed by atoms with Crippen LogP contribution in [0.2, 0.25) is 0 Å². The van der Waals surface area contributed by atoms with E-state index in [4.69, 9.17) is 4.74 Å². The largest absolute Gasteiger partial charge is 0.494 e. The molecule has 1 aliphatic rings. The van der Waals surface area contributed by atoms with Gasteiger partial charge >= 0.3 is 5.97 Å². The second-order valence-corrected chi connectivity index (χ2v) is 12.2. The molecule has 1 aromatic heterocycles. The van der Waals surface area contributed by atoms with Crippen LogP contribution in [0.4, 0.5) is 0 Å². The van der Waals surface area contributed by atoms with Crippen molar-refractivity contribution in [2.45, 2.75) is 57.9 Å². The average Bonchev–Trinajstić information content (AvgIpc) is 3.11. The van der Waals surface area contributed by atoms with Crippen LogP contribution in [0.3, 0.4) is 0 Å². The predicted octanol–water partition coefficient (Wildman–Crippen LogP) is 7.03. The summed E-state index contributed by atoms with van der Waals surface area (Å²) in [6, 6.07) is 24.0. The number of carboxylic acid groups (broad SMARTS) is 1. The number of aromatic nitrogens is 1. The Hall–Kier alpha value is -3.72. The average molecular weight is 673 g/mol. The minimum Gasteiger partial charge on any atom is -0.494 e. The van der Waals surface area contributed by atoms with E-state index in [1.54, 1.807) is 0 Å². The molecule has 0 saturated heterocycles. The molecule has 0 aliphatic heterocycles. The molecule has 5 rings (SSSR count). The van der Waals surface area contributed by atoms with E-state index in [1.165, 1.54) is 5.56 Å². The third-order valence-corrected chi connectivity index (χ3v) is 8.37. The molecular formula is C35H35IN2O4. The number of nitrogens with zero attached hydrogens (tertiary/aromatic N) is 1. The fraction of sp³-hybridized carbons (Fsp3) is 0.286. The van der Waals surface area contributed by atoms with Gasteiger partial charge in [-0.05, 0) is 143 Å². The van der Waals surface area contributed by atoms with Crippen LogP contribution in [0, 0.1) is 10.5 Å². The van der Waals surface area contributed by atoms with Gasteiger partial charge in [-0.2, -0.15) is 0 Å². The van der Waals surface area contributed by atoms with Crippen molar-refractivity contribution >= 4 is 34.5 Å². The van der Waals surface area contributed by atoms with Crippen molar-refractivity contribution in [3.63, 3.8) is 0 Å². The van der Waals surface area contributed by atoms with Gasteiger partial charge in [0.25, 0.3) is 5.91 Å². The molecule has 1 amide bonds. The predicted molar refractivity (Wildman–Crippen MR) is 172 cm³/mol. The molecule has 0 radical (unpaired) electrons. The van der Waals surface area contributed by atoms with E-state index in [-0.39, 0.29) is 18.2 Å². The molecule has 7 heteroatoms. The number of hydrogen-bond donors (Lipinski definition) is 2. The Morgan fingerprint density at radius 2 is 1.88 bits per heavy atom. The van der Waals surface area contributed by atoms with Crippen molar-refractivity contribution in [2.24, 2.45) is 0 Å². The lowest BCUT2D eigenvalue weighted by molar-refractivity contribution is -0.137. The zero-order valence-corrected chi connectivity index (χ0v) is 25.9. The van der Waals surface area contributed by atoms with Crippen molar-refractivity contribution in [1.82, 2.24) is 10.3 Å². The molecule has 3 aromatic carbocycles. The third kappa shape index (κ3) is 7.97. The Balaban J connectivity index is 1.26. The van der Waals surface area contributed by atoms with Gasteiger partial charge in [0.15, 0.2) is 0 Å². The number of carbonyl (C=O) groups excluding carboxylic acids is 1. The first-order valence-corrected chi connectivity index (χ1v) is 15.5. The number of rotatable bonds is 11. The van der Waals surface area contributed by atoms with Crippen LogP contribution in [-0.2, 0) is 30.6 Å². The highest BCUT2D eigenvalue weighted by Crippen LogP contribution is 2.36.